The van der Waals surface area contributed by atoms with Crippen LogP contribution in [0.15, 0.2) is 0 Å². The van der Waals surface area contributed by atoms with Gasteiger partial charge in [0, 0.05) is 38.3 Å². The van der Waals surface area contributed by atoms with Gasteiger partial charge in [0.1, 0.15) is 0 Å². The third-order valence-corrected chi connectivity index (χ3v) is 5.38. The number of β-amino-alcohol motifs (C(OH)–C–C–N with tert-alkyl or cyclic N) is 1. The Kier molecular flexibility index (Phi) is 5.02. The molecule has 0 spiro atoms. The molecule has 3 atom stereocenters. The Morgan fingerprint density at radius 2 is 2.05 bits per heavy atom. The fourth-order valence-electron chi connectivity index (χ4n) is 4.20. The SMILES string of the molecule is O=C1CN(CC(O)CC2(O)CCOCC2)C2CCCCC2N1. The van der Waals surface area contributed by atoms with Gasteiger partial charge in [-0.1, -0.05) is 12.8 Å². The van der Waals surface area contributed by atoms with E-state index in [9.17, 15) is 15.0 Å². The smallest absolute Gasteiger partial charge is 0.234 e. The Labute approximate surface area is 131 Å². The fraction of sp³-hybridized carbons (Fsp3) is 0.938. The summed E-state index contributed by atoms with van der Waals surface area (Å²) in [5, 5.41) is 24.0. The highest BCUT2D eigenvalue weighted by Gasteiger charge is 2.38. The van der Waals surface area contributed by atoms with Crippen LogP contribution in [0.2, 0.25) is 0 Å². The quantitative estimate of drug-likeness (QED) is 0.682. The summed E-state index contributed by atoms with van der Waals surface area (Å²) in [5.41, 5.74) is -0.818. The van der Waals surface area contributed by atoms with E-state index in [-0.39, 0.29) is 11.9 Å². The van der Waals surface area contributed by atoms with Crippen LogP contribution in [0.1, 0.15) is 44.9 Å². The molecular weight excluding hydrogens is 284 g/mol. The molecule has 3 aliphatic rings. The summed E-state index contributed by atoms with van der Waals surface area (Å²) in [5.74, 6) is 0.0557. The van der Waals surface area contributed by atoms with Crippen molar-refractivity contribution in [1.29, 1.82) is 0 Å². The Morgan fingerprint density at radius 1 is 1.32 bits per heavy atom. The monoisotopic (exact) mass is 312 g/mol. The maximum Gasteiger partial charge on any atom is 0.234 e. The normalized spacial score (nSPS) is 33.8. The van der Waals surface area contributed by atoms with E-state index in [1.807, 2.05) is 0 Å². The van der Waals surface area contributed by atoms with E-state index in [1.165, 1.54) is 6.42 Å². The van der Waals surface area contributed by atoms with Crippen LogP contribution >= 0.6 is 0 Å². The number of piperazine rings is 1. The molecule has 3 N–H and O–H groups in total. The molecule has 0 radical (unpaired) electrons. The van der Waals surface area contributed by atoms with E-state index in [2.05, 4.69) is 10.2 Å². The molecule has 126 valence electrons. The first kappa shape index (κ1) is 16.2. The van der Waals surface area contributed by atoms with E-state index >= 15 is 0 Å². The number of aliphatic hydroxyl groups excluding tert-OH is 1. The van der Waals surface area contributed by atoms with Crippen LogP contribution in [-0.2, 0) is 9.53 Å². The summed E-state index contributed by atoms with van der Waals surface area (Å²) in [6.45, 7) is 1.94. The van der Waals surface area contributed by atoms with Crippen molar-refractivity contribution in [2.75, 3.05) is 26.3 Å². The number of rotatable bonds is 4. The van der Waals surface area contributed by atoms with E-state index < -0.39 is 11.7 Å². The zero-order chi connectivity index (χ0) is 15.6. The molecule has 0 bridgehead atoms. The number of carbonyl (C=O) groups is 1. The summed E-state index contributed by atoms with van der Waals surface area (Å²) >= 11 is 0. The number of hydrogen-bond donors (Lipinski definition) is 3. The topological polar surface area (TPSA) is 82.0 Å². The largest absolute Gasteiger partial charge is 0.392 e. The zero-order valence-corrected chi connectivity index (χ0v) is 13.2. The summed E-state index contributed by atoms with van der Waals surface area (Å²) in [6, 6.07) is 0.568. The van der Waals surface area contributed by atoms with Crippen molar-refractivity contribution in [1.82, 2.24) is 10.2 Å². The lowest BCUT2D eigenvalue weighted by Gasteiger charge is -2.45. The second-order valence-corrected chi connectivity index (χ2v) is 7.15. The molecule has 2 heterocycles. The van der Waals surface area contributed by atoms with Gasteiger partial charge >= 0.3 is 0 Å². The molecule has 1 aliphatic carbocycles. The number of carbonyl (C=O) groups excluding carboxylic acids is 1. The van der Waals surface area contributed by atoms with E-state index in [1.54, 1.807) is 0 Å². The molecule has 6 heteroatoms. The van der Waals surface area contributed by atoms with Crippen molar-refractivity contribution in [3.05, 3.63) is 0 Å². The molecule has 22 heavy (non-hydrogen) atoms. The molecule has 0 aromatic heterocycles. The second-order valence-electron chi connectivity index (χ2n) is 7.15. The molecule has 3 unspecified atom stereocenters. The van der Waals surface area contributed by atoms with Crippen LogP contribution in [0.3, 0.4) is 0 Å². The molecule has 6 nitrogen and oxygen atoms in total. The first-order valence-corrected chi connectivity index (χ1v) is 8.57. The molecule has 0 aromatic rings. The van der Waals surface area contributed by atoms with Crippen molar-refractivity contribution < 1.29 is 19.7 Å². The van der Waals surface area contributed by atoms with Gasteiger partial charge in [0.15, 0.2) is 0 Å². The van der Waals surface area contributed by atoms with Gasteiger partial charge in [0.25, 0.3) is 0 Å². The van der Waals surface area contributed by atoms with Gasteiger partial charge < -0.3 is 20.3 Å². The van der Waals surface area contributed by atoms with Gasteiger partial charge in [-0.15, -0.1) is 0 Å². The Bertz CT molecular complexity index is 398. The molecule has 1 amide bonds. The van der Waals surface area contributed by atoms with Crippen LogP contribution < -0.4 is 5.32 Å². The fourth-order valence-corrected chi connectivity index (χ4v) is 4.20. The molecule has 0 aromatic carbocycles. The number of aliphatic hydroxyl groups is 2. The van der Waals surface area contributed by atoms with Crippen molar-refractivity contribution in [3.63, 3.8) is 0 Å². The average Bonchev–Trinajstić information content (AvgIpc) is 2.47. The lowest BCUT2D eigenvalue weighted by atomic mass is 9.85. The Balaban J connectivity index is 1.57. The minimum atomic E-state index is -0.818. The highest BCUT2D eigenvalue weighted by molar-refractivity contribution is 5.79. The number of fused-ring (bicyclic) bond motifs is 1. The number of ether oxygens (including phenoxy) is 1. The van der Waals surface area contributed by atoms with Crippen molar-refractivity contribution >= 4 is 5.91 Å². The second kappa shape index (κ2) is 6.83. The third kappa shape index (κ3) is 3.79. The third-order valence-electron chi connectivity index (χ3n) is 5.38. The molecule has 2 saturated heterocycles. The standard InChI is InChI=1S/C16H28N2O4/c19-12(9-16(21)5-7-22-8-6-16)10-18-11-15(20)17-13-3-1-2-4-14(13)18/h12-14,19,21H,1-11H2,(H,17,20). The first-order chi connectivity index (χ1) is 10.6. The Hall–Kier alpha value is -0.690. The minimum Gasteiger partial charge on any atom is -0.392 e. The molecule has 3 fully saturated rings. The highest BCUT2D eigenvalue weighted by atomic mass is 16.5. The van der Waals surface area contributed by atoms with Gasteiger partial charge in [-0.25, -0.2) is 0 Å². The average molecular weight is 312 g/mol. The van der Waals surface area contributed by atoms with Crippen molar-refractivity contribution in [3.8, 4) is 0 Å². The van der Waals surface area contributed by atoms with E-state index in [0.29, 0.717) is 51.6 Å². The number of nitrogens with one attached hydrogen (secondary N) is 1. The molecule has 2 aliphatic heterocycles. The summed E-state index contributed by atoms with van der Waals surface area (Å²) < 4.78 is 5.28. The predicted octanol–water partition coefficient (Wildman–Crippen LogP) is 0.0219. The Morgan fingerprint density at radius 3 is 2.82 bits per heavy atom. The predicted molar refractivity (Wildman–Crippen MR) is 81.4 cm³/mol. The van der Waals surface area contributed by atoms with Gasteiger partial charge in [0.2, 0.25) is 5.91 Å². The maximum atomic E-state index is 11.9. The van der Waals surface area contributed by atoms with Crippen LogP contribution in [0.4, 0.5) is 0 Å². The number of amides is 1. The van der Waals surface area contributed by atoms with Gasteiger partial charge in [-0.3, -0.25) is 9.69 Å². The highest BCUT2D eigenvalue weighted by Crippen LogP contribution is 2.29. The summed E-state index contributed by atoms with van der Waals surface area (Å²) in [4.78, 5) is 14.0. The van der Waals surface area contributed by atoms with Crippen molar-refractivity contribution in [2.45, 2.75) is 68.7 Å². The molecule has 3 rings (SSSR count). The lowest BCUT2D eigenvalue weighted by molar-refractivity contribution is -0.130. The van der Waals surface area contributed by atoms with Gasteiger partial charge in [-0.2, -0.15) is 0 Å². The lowest BCUT2D eigenvalue weighted by Crippen LogP contribution is -2.62. The molecular formula is C16H28N2O4. The van der Waals surface area contributed by atoms with Gasteiger partial charge in [0.05, 0.1) is 18.2 Å². The van der Waals surface area contributed by atoms with Gasteiger partial charge in [-0.05, 0) is 25.7 Å². The first-order valence-electron chi connectivity index (χ1n) is 8.57. The van der Waals surface area contributed by atoms with Crippen LogP contribution in [0, 0.1) is 0 Å². The summed E-state index contributed by atoms with van der Waals surface area (Å²) in [7, 11) is 0. The minimum absolute atomic E-state index is 0.0557. The van der Waals surface area contributed by atoms with Crippen LogP contribution in [-0.4, -0.2) is 71.1 Å². The number of hydrogen-bond acceptors (Lipinski definition) is 5. The maximum absolute atomic E-state index is 11.9. The summed E-state index contributed by atoms with van der Waals surface area (Å²) in [6.07, 6.45) is 5.39. The van der Waals surface area contributed by atoms with Crippen LogP contribution in [0.5, 0.6) is 0 Å². The molecule has 1 saturated carbocycles. The van der Waals surface area contributed by atoms with Crippen molar-refractivity contribution in [2.24, 2.45) is 0 Å². The number of nitrogens with zero attached hydrogens (tertiary/aromatic N) is 1. The zero-order valence-electron chi connectivity index (χ0n) is 13.2. The van der Waals surface area contributed by atoms with Crippen LogP contribution in [0.25, 0.3) is 0 Å². The van der Waals surface area contributed by atoms with E-state index in [0.717, 1.165) is 19.3 Å². The van der Waals surface area contributed by atoms with E-state index in [4.69, 9.17) is 4.74 Å².